The van der Waals surface area contributed by atoms with Gasteiger partial charge in [0, 0.05) is 19.2 Å². The highest BCUT2D eigenvalue weighted by Crippen LogP contribution is 2.16. The van der Waals surface area contributed by atoms with Crippen molar-refractivity contribution >= 4 is 0 Å². The van der Waals surface area contributed by atoms with E-state index >= 15 is 0 Å². The molecule has 0 unspecified atom stereocenters. The number of ether oxygens (including phenoxy) is 2. The van der Waals surface area contributed by atoms with Crippen molar-refractivity contribution in [3.05, 3.63) is 29.6 Å². The zero-order valence-corrected chi connectivity index (χ0v) is 10.5. The predicted molar refractivity (Wildman–Crippen MR) is 65.5 cm³/mol. The van der Waals surface area contributed by atoms with Crippen molar-refractivity contribution in [3.63, 3.8) is 0 Å². The van der Waals surface area contributed by atoms with E-state index in [9.17, 15) is 4.39 Å². The maximum Gasteiger partial charge on any atom is 0.189 e. The van der Waals surface area contributed by atoms with Crippen LogP contribution >= 0.6 is 0 Å². The summed E-state index contributed by atoms with van der Waals surface area (Å²) in [5.74, 6) is 0.221. The topological polar surface area (TPSA) is 30.5 Å². The van der Waals surface area contributed by atoms with Crippen LogP contribution in [0, 0.1) is 5.82 Å². The van der Waals surface area contributed by atoms with Crippen LogP contribution in [0.5, 0.6) is 5.75 Å². The molecule has 0 aromatic heterocycles. The van der Waals surface area contributed by atoms with E-state index in [0.29, 0.717) is 18.9 Å². The van der Waals surface area contributed by atoms with Gasteiger partial charge >= 0.3 is 0 Å². The molecule has 0 aliphatic heterocycles. The minimum Gasteiger partial charge on any atom is -0.467 e. The summed E-state index contributed by atoms with van der Waals surface area (Å²) in [4.78, 5) is 0. The molecule has 1 aromatic rings. The molecule has 0 heterocycles. The summed E-state index contributed by atoms with van der Waals surface area (Å²) in [6.07, 6.45) is 1.06. The number of benzene rings is 1. The van der Waals surface area contributed by atoms with E-state index in [4.69, 9.17) is 9.47 Å². The molecule has 0 spiro atoms. The summed E-state index contributed by atoms with van der Waals surface area (Å²) >= 11 is 0. The second kappa shape index (κ2) is 8.03. The van der Waals surface area contributed by atoms with E-state index in [1.807, 2.05) is 13.0 Å². The van der Waals surface area contributed by atoms with Crippen molar-refractivity contribution in [2.45, 2.75) is 26.8 Å². The van der Waals surface area contributed by atoms with Crippen molar-refractivity contribution in [1.29, 1.82) is 0 Å². The molecule has 3 nitrogen and oxygen atoms in total. The normalized spacial score (nSPS) is 10.5. The van der Waals surface area contributed by atoms with Gasteiger partial charge in [0.25, 0.3) is 0 Å². The van der Waals surface area contributed by atoms with Crippen molar-refractivity contribution in [2.24, 2.45) is 0 Å². The molecule has 0 aliphatic rings. The molecule has 0 bridgehead atoms. The first-order valence-corrected chi connectivity index (χ1v) is 5.97. The number of rotatable bonds is 8. The Kier molecular flexibility index (Phi) is 6.58. The third kappa shape index (κ3) is 5.65. The molecule has 0 fully saturated rings. The zero-order valence-electron chi connectivity index (χ0n) is 10.5. The van der Waals surface area contributed by atoms with E-state index in [-0.39, 0.29) is 12.6 Å². The SMILES string of the molecule is CCCNCc1cc(F)cc(OCOCC)c1. The van der Waals surface area contributed by atoms with E-state index in [0.717, 1.165) is 18.5 Å². The molecule has 17 heavy (non-hydrogen) atoms. The average Bonchev–Trinajstić information content (AvgIpc) is 2.29. The molecule has 0 atom stereocenters. The second-order valence-electron chi connectivity index (χ2n) is 3.73. The summed E-state index contributed by atoms with van der Waals surface area (Å²) in [5, 5.41) is 3.22. The third-order valence-electron chi connectivity index (χ3n) is 2.20. The van der Waals surface area contributed by atoms with Gasteiger partial charge in [-0.25, -0.2) is 4.39 Å². The van der Waals surface area contributed by atoms with Gasteiger partial charge in [-0.2, -0.15) is 0 Å². The van der Waals surface area contributed by atoms with E-state index in [1.54, 1.807) is 0 Å². The number of nitrogens with one attached hydrogen (secondary N) is 1. The van der Waals surface area contributed by atoms with Crippen LogP contribution in [-0.2, 0) is 11.3 Å². The number of hydrogen-bond acceptors (Lipinski definition) is 3. The van der Waals surface area contributed by atoms with Gasteiger partial charge in [-0.1, -0.05) is 6.92 Å². The zero-order chi connectivity index (χ0) is 12.5. The summed E-state index contributed by atoms with van der Waals surface area (Å²) in [6, 6.07) is 4.70. The van der Waals surface area contributed by atoms with E-state index in [1.165, 1.54) is 12.1 Å². The van der Waals surface area contributed by atoms with Crippen LogP contribution in [0.2, 0.25) is 0 Å². The lowest BCUT2D eigenvalue weighted by molar-refractivity contribution is 0.0222. The van der Waals surface area contributed by atoms with Gasteiger partial charge in [0.05, 0.1) is 0 Å². The standard InChI is InChI=1S/C13H20FNO2/c1-3-5-15-9-11-6-12(14)8-13(7-11)17-10-16-4-2/h6-8,15H,3-5,9-10H2,1-2H3. The monoisotopic (exact) mass is 241 g/mol. The molecule has 0 aliphatic carbocycles. The predicted octanol–water partition coefficient (Wildman–Crippen LogP) is 2.70. The Balaban J connectivity index is 2.53. The summed E-state index contributed by atoms with van der Waals surface area (Å²) in [5.41, 5.74) is 0.880. The van der Waals surface area contributed by atoms with Crippen molar-refractivity contribution < 1.29 is 13.9 Å². The number of halogens is 1. The van der Waals surface area contributed by atoms with Gasteiger partial charge in [-0.3, -0.25) is 0 Å². The lowest BCUT2D eigenvalue weighted by atomic mass is 10.2. The third-order valence-corrected chi connectivity index (χ3v) is 2.20. The largest absolute Gasteiger partial charge is 0.467 e. The maximum atomic E-state index is 13.3. The lowest BCUT2D eigenvalue weighted by Crippen LogP contribution is -2.14. The van der Waals surface area contributed by atoms with Crippen molar-refractivity contribution in [3.8, 4) is 5.75 Å². The number of hydrogen-bond donors (Lipinski definition) is 1. The Hall–Kier alpha value is -1.13. The fourth-order valence-electron chi connectivity index (χ4n) is 1.41. The van der Waals surface area contributed by atoms with Crippen LogP contribution in [0.1, 0.15) is 25.8 Å². The Morgan fingerprint density at radius 1 is 1.24 bits per heavy atom. The molecule has 1 aromatic carbocycles. The smallest absolute Gasteiger partial charge is 0.189 e. The first-order valence-electron chi connectivity index (χ1n) is 5.97. The molecule has 0 saturated carbocycles. The van der Waals surface area contributed by atoms with Crippen LogP contribution in [-0.4, -0.2) is 19.9 Å². The van der Waals surface area contributed by atoms with Crippen LogP contribution in [0.4, 0.5) is 4.39 Å². The van der Waals surface area contributed by atoms with Gasteiger partial charge in [0.2, 0.25) is 0 Å². The molecule has 1 rings (SSSR count). The van der Waals surface area contributed by atoms with Crippen molar-refractivity contribution in [1.82, 2.24) is 5.32 Å². The fourth-order valence-corrected chi connectivity index (χ4v) is 1.41. The molecule has 1 N–H and O–H groups in total. The first-order chi connectivity index (χ1) is 8.26. The molecule has 4 heteroatoms. The minimum absolute atomic E-state index is 0.155. The molecular formula is C13H20FNO2. The van der Waals surface area contributed by atoms with Gasteiger partial charge in [-0.05, 0) is 37.6 Å². The average molecular weight is 241 g/mol. The van der Waals surface area contributed by atoms with E-state index < -0.39 is 0 Å². The Morgan fingerprint density at radius 2 is 2.06 bits per heavy atom. The highest BCUT2D eigenvalue weighted by Gasteiger charge is 2.01. The van der Waals surface area contributed by atoms with Gasteiger partial charge in [-0.15, -0.1) is 0 Å². The summed E-state index contributed by atoms with van der Waals surface area (Å²) in [6.45, 7) is 6.29. The van der Waals surface area contributed by atoms with E-state index in [2.05, 4.69) is 12.2 Å². The Morgan fingerprint density at radius 3 is 2.76 bits per heavy atom. The summed E-state index contributed by atoms with van der Waals surface area (Å²) in [7, 11) is 0. The molecule has 0 radical (unpaired) electrons. The minimum atomic E-state index is -0.285. The van der Waals surface area contributed by atoms with Gasteiger partial charge in [0.1, 0.15) is 11.6 Å². The van der Waals surface area contributed by atoms with Crippen LogP contribution < -0.4 is 10.1 Å². The maximum absolute atomic E-state index is 13.3. The van der Waals surface area contributed by atoms with Gasteiger partial charge in [0.15, 0.2) is 6.79 Å². The quantitative estimate of drug-likeness (QED) is 0.560. The lowest BCUT2D eigenvalue weighted by Gasteiger charge is -2.09. The molecular weight excluding hydrogens is 221 g/mol. The second-order valence-corrected chi connectivity index (χ2v) is 3.73. The first kappa shape index (κ1) is 13.9. The van der Waals surface area contributed by atoms with Crippen molar-refractivity contribution in [2.75, 3.05) is 19.9 Å². The van der Waals surface area contributed by atoms with Crippen LogP contribution in [0.15, 0.2) is 18.2 Å². The fraction of sp³-hybridized carbons (Fsp3) is 0.538. The Labute approximate surface area is 102 Å². The molecule has 0 amide bonds. The van der Waals surface area contributed by atoms with Crippen LogP contribution in [0.25, 0.3) is 0 Å². The summed E-state index contributed by atoms with van der Waals surface area (Å²) < 4.78 is 23.6. The van der Waals surface area contributed by atoms with Gasteiger partial charge < -0.3 is 14.8 Å². The van der Waals surface area contributed by atoms with Crippen LogP contribution in [0.3, 0.4) is 0 Å². The Bertz CT molecular complexity index is 303. The highest BCUT2D eigenvalue weighted by atomic mass is 19.1. The molecule has 0 saturated heterocycles. The highest BCUT2D eigenvalue weighted by molar-refractivity contribution is 5.29. The molecule has 96 valence electrons.